The smallest absolute Gasteiger partial charge is 0.310 e. The van der Waals surface area contributed by atoms with Crippen LogP contribution >= 0.6 is 0 Å². The van der Waals surface area contributed by atoms with E-state index >= 15 is 0 Å². The maximum absolute atomic E-state index is 13.3. The van der Waals surface area contributed by atoms with E-state index in [1.807, 2.05) is 0 Å². The van der Waals surface area contributed by atoms with Gasteiger partial charge in [-0.05, 0) is 38.0 Å². The average molecular weight is 461 g/mol. The van der Waals surface area contributed by atoms with Gasteiger partial charge in [0.25, 0.3) is 0 Å². The Kier molecular flexibility index (Phi) is 6.39. The first-order chi connectivity index (χ1) is 14.1. The normalized spacial score (nSPS) is 22.1. The van der Waals surface area contributed by atoms with Gasteiger partial charge in [-0.3, -0.25) is 9.59 Å². The highest BCUT2D eigenvalue weighted by atomic mass is 32.2. The van der Waals surface area contributed by atoms with E-state index in [1.54, 1.807) is 6.92 Å². The molecule has 1 aromatic rings. The number of hydrogen-bond acceptors (Lipinski definition) is 8. The Morgan fingerprint density at radius 3 is 2.63 bits per heavy atom. The molecule has 2 saturated heterocycles. The minimum atomic E-state index is -4.13. The summed E-state index contributed by atoms with van der Waals surface area (Å²) >= 11 is 0. The van der Waals surface area contributed by atoms with Crippen LogP contribution in [-0.2, 0) is 34.4 Å². The largest absolute Gasteiger partial charge is 0.495 e. The molecule has 0 radical (unpaired) electrons. The minimum absolute atomic E-state index is 0.0149. The molecular weight excluding hydrogens is 436 g/mol. The van der Waals surface area contributed by atoms with Gasteiger partial charge in [0.15, 0.2) is 0 Å². The van der Waals surface area contributed by atoms with Crippen LogP contribution in [0.4, 0.5) is 5.69 Å². The van der Waals surface area contributed by atoms with E-state index in [0.29, 0.717) is 17.1 Å². The number of sulfonamides is 2. The number of hydrogen-bond donors (Lipinski definition) is 0. The van der Waals surface area contributed by atoms with Crippen LogP contribution in [0.25, 0.3) is 0 Å². The van der Waals surface area contributed by atoms with Gasteiger partial charge in [-0.15, -0.1) is 0 Å². The molecule has 2 heterocycles. The summed E-state index contributed by atoms with van der Waals surface area (Å²) < 4.78 is 63.1. The predicted octanol–water partition coefficient (Wildman–Crippen LogP) is 0.726. The number of esters is 1. The van der Waals surface area contributed by atoms with E-state index in [1.165, 1.54) is 23.5 Å². The van der Waals surface area contributed by atoms with Gasteiger partial charge < -0.3 is 9.47 Å². The number of carbonyl (C=O) groups is 2. The van der Waals surface area contributed by atoms with Gasteiger partial charge in [-0.25, -0.2) is 21.1 Å². The van der Waals surface area contributed by atoms with Gasteiger partial charge in [-0.1, -0.05) is 0 Å². The Bertz CT molecular complexity index is 1050. The van der Waals surface area contributed by atoms with E-state index in [-0.39, 0.29) is 48.2 Å². The molecule has 166 valence electrons. The molecule has 2 fully saturated rings. The molecule has 0 saturated carbocycles. The number of benzene rings is 1. The summed E-state index contributed by atoms with van der Waals surface area (Å²) in [6, 6.07) is 3.77. The lowest BCUT2D eigenvalue weighted by molar-refractivity contribution is -0.149. The SMILES string of the molecule is CCOC(=O)[C@@H]1CCCN(S(=O)(=O)c2cc(N3C(=O)CCS3(=O)=O)ccc2OC)C1. The van der Waals surface area contributed by atoms with Crippen molar-refractivity contribution in [2.75, 3.05) is 36.9 Å². The number of amides is 1. The second kappa shape index (κ2) is 8.52. The molecule has 2 aliphatic heterocycles. The highest BCUT2D eigenvalue weighted by Crippen LogP contribution is 2.35. The van der Waals surface area contributed by atoms with Crippen LogP contribution < -0.4 is 9.04 Å². The Morgan fingerprint density at radius 1 is 1.30 bits per heavy atom. The van der Waals surface area contributed by atoms with Crippen molar-refractivity contribution in [3.05, 3.63) is 18.2 Å². The molecule has 0 bridgehead atoms. The van der Waals surface area contributed by atoms with Gasteiger partial charge in [0.05, 0.1) is 31.1 Å². The van der Waals surface area contributed by atoms with Crippen molar-refractivity contribution in [3.8, 4) is 5.75 Å². The van der Waals surface area contributed by atoms with E-state index < -0.39 is 37.8 Å². The first-order valence-electron chi connectivity index (χ1n) is 9.52. The van der Waals surface area contributed by atoms with Crippen molar-refractivity contribution in [1.29, 1.82) is 0 Å². The van der Waals surface area contributed by atoms with Crippen LogP contribution in [0.1, 0.15) is 26.2 Å². The summed E-state index contributed by atoms with van der Waals surface area (Å²) in [7, 11) is -6.68. The van der Waals surface area contributed by atoms with Crippen molar-refractivity contribution in [3.63, 3.8) is 0 Å². The summed E-state index contributed by atoms with van der Waals surface area (Å²) in [4.78, 5) is 23.9. The summed E-state index contributed by atoms with van der Waals surface area (Å²) in [6.45, 7) is 2.04. The molecule has 12 heteroatoms. The van der Waals surface area contributed by atoms with E-state index in [9.17, 15) is 26.4 Å². The fourth-order valence-corrected chi connectivity index (χ4v) is 6.77. The van der Waals surface area contributed by atoms with Crippen LogP contribution in [0.3, 0.4) is 0 Å². The van der Waals surface area contributed by atoms with Crippen LogP contribution in [-0.4, -0.2) is 65.6 Å². The molecule has 1 amide bonds. The summed E-state index contributed by atoms with van der Waals surface area (Å²) in [6.07, 6.45) is 0.829. The Morgan fingerprint density at radius 2 is 2.03 bits per heavy atom. The van der Waals surface area contributed by atoms with Gasteiger partial charge in [-0.2, -0.15) is 4.31 Å². The fourth-order valence-electron chi connectivity index (χ4n) is 3.61. The van der Waals surface area contributed by atoms with Gasteiger partial charge in [0.2, 0.25) is 26.0 Å². The van der Waals surface area contributed by atoms with Crippen LogP contribution in [0, 0.1) is 5.92 Å². The predicted molar refractivity (Wildman–Crippen MR) is 107 cm³/mol. The zero-order chi connectivity index (χ0) is 22.1. The van der Waals surface area contributed by atoms with Crippen LogP contribution in [0.15, 0.2) is 23.1 Å². The third-order valence-electron chi connectivity index (χ3n) is 5.08. The molecule has 0 N–H and O–H groups in total. The van der Waals surface area contributed by atoms with Gasteiger partial charge >= 0.3 is 5.97 Å². The van der Waals surface area contributed by atoms with Gasteiger partial charge in [0.1, 0.15) is 10.6 Å². The Hall–Kier alpha value is -2.18. The Labute approximate surface area is 175 Å². The van der Waals surface area contributed by atoms with Crippen LogP contribution in [0.2, 0.25) is 0 Å². The topological polar surface area (TPSA) is 127 Å². The second-order valence-corrected chi connectivity index (χ2v) is 10.9. The number of nitrogens with zero attached hydrogens (tertiary/aromatic N) is 2. The van der Waals surface area contributed by atoms with Crippen molar-refractivity contribution < 1.29 is 35.9 Å². The van der Waals surface area contributed by atoms with Gasteiger partial charge in [0, 0.05) is 19.5 Å². The lowest BCUT2D eigenvalue weighted by atomic mass is 10.0. The van der Waals surface area contributed by atoms with E-state index in [0.717, 1.165) is 6.07 Å². The molecule has 0 unspecified atom stereocenters. The highest BCUT2D eigenvalue weighted by Gasteiger charge is 2.39. The zero-order valence-electron chi connectivity index (χ0n) is 16.7. The number of ether oxygens (including phenoxy) is 2. The van der Waals surface area contributed by atoms with E-state index in [2.05, 4.69) is 0 Å². The number of methoxy groups -OCH3 is 1. The fraction of sp³-hybridized carbons (Fsp3) is 0.556. The highest BCUT2D eigenvalue weighted by molar-refractivity contribution is 7.94. The standard InChI is InChI=1S/C18H24N2O8S2/c1-3-28-18(22)13-5-4-9-19(12-13)30(25,26)16-11-14(6-7-15(16)27-2)20-17(21)8-10-29(20,23)24/h6-7,11,13H,3-5,8-10,12H2,1-2H3/t13-/m1/s1. The van der Waals surface area contributed by atoms with Crippen molar-refractivity contribution >= 4 is 37.6 Å². The molecular formula is C18H24N2O8S2. The first kappa shape index (κ1) is 22.5. The number of piperidine rings is 1. The molecule has 1 aromatic carbocycles. The monoisotopic (exact) mass is 460 g/mol. The second-order valence-electron chi connectivity index (χ2n) is 7.01. The molecule has 3 rings (SSSR count). The third kappa shape index (κ3) is 4.16. The summed E-state index contributed by atoms with van der Waals surface area (Å²) in [5.41, 5.74) is -0.0594. The molecule has 10 nitrogen and oxygen atoms in total. The lowest BCUT2D eigenvalue weighted by Crippen LogP contribution is -2.42. The molecule has 30 heavy (non-hydrogen) atoms. The maximum atomic E-state index is 13.3. The first-order valence-corrected chi connectivity index (χ1v) is 12.6. The number of rotatable bonds is 6. The zero-order valence-corrected chi connectivity index (χ0v) is 18.4. The van der Waals surface area contributed by atoms with E-state index in [4.69, 9.17) is 9.47 Å². The summed E-state index contributed by atoms with van der Waals surface area (Å²) in [5.74, 6) is -1.97. The molecule has 0 aromatic heterocycles. The molecule has 0 aliphatic carbocycles. The number of carbonyl (C=O) groups excluding carboxylic acids is 2. The Balaban J connectivity index is 1.99. The van der Waals surface area contributed by atoms with Crippen molar-refractivity contribution in [2.45, 2.75) is 31.1 Å². The molecule has 0 spiro atoms. The summed E-state index contributed by atoms with van der Waals surface area (Å²) in [5, 5.41) is 0. The molecule has 1 atom stereocenters. The maximum Gasteiger partial charge on any atom is 0.310 e. The van der Waals surface area contributed by atoms with Crippen molar-refractivity contribution in [2.24, 2.45) is 5.92 Å². The average Bonchev–Trinajstić information content (AvgIpc) is 3.00. The minimum Gasteiger partial charge on any atom is -0.495 e. The molecule has 2 aliphatic rings. The lowest BCUT2D eigenvalue weighted by Gasteiger charge is -2.31. The quantitative estimate of drug-likeness (QED) is 0.569. The number of anilines is 1. The van der Waals surface area contributed by atoms with Crippen LogP contribution in [0.5, 0.6) is 5.75 Å². The third-order valence-corrected chi connectivity index (χ3v) is 8.66. The van der Waals surface area contributed by atoms with Crippen molar-refractivity contribution in [1.82, 2.24) is 4.31 Å².